The number of hydrogen-bond donors (Lipinski definition) is 1. The molecule has 1 N–H and O–H groups in total. The highest BCUT2D eigenvalue weighted by molar-refractivity contribution is 7.89. The first-order valence-electron chi connectivity index (χ1n) is 7.11. The number of halogens is 2. The van der Waals surface area contributed by atoms with Crippen LogP contribution < -0.4 is 4.72 Å². The van der Waals surface area contributed by atoms with E-state index in [9.17, 15) is 17.2 Å². The molecule has 1 fully saturated rings. The summed E-state index contributed by atoms with van der Waals surface area (Å²) >= 11 is 0. The summed E-state index contributed by atoms with van der Waals surface area (Å²) < 4.78 is 53.1. The molecule has 0 unspecified atom stereocenters. The van der Waals surface area contributed by atoms with Crippen molar-refractivity contribution in [1.29, 1.82) is 0 Å². The number of piperidine rings is 1. The summed E-state index contributed by atoms with van der Waals surface area (Å²) in [5, 5.41) is 0. The maximum absolute atomic E-state index is 13.1. The molecule has 1 aliphatic rings. The zero-order valence-corrected chi connectivity index (χ0v) is 12.8. The van der Waals surface area contributed by atoms with E-state index in [1.54, 1.807) is 0 Å². The zero-order valence-electron chi connectivity index (χ0n) is 12.0. The van der Waals surface area contributed by atoms with Crippen molar-refractivity contribution < 1.29 is 17.2 Å². The van der Waals surface area contributed by atoms with Crippen LogP contribution in [0.4, 0.5) is 8.78 Å². The van der Waals surface area contributed by atoms with E-state index in [-0.39, 0.29) is 10.9 Å². The molecule has 0 bridgehead atoms. The van der Waals surface area contributed by atoms with Crippen LogP contribution in [0.3, 0.4) is 0 Å². The largest absolute Gasteiger partial charge is 0.303 e. The van der Waals surface area contributed by atoms with Crippen molar-refractivity contribution >= 4 is 10.0 Å². The van der Waals surface area contributed by atoms with Crippen molar-refractivity contribution in [2.24, 2.45) is 0 Å². The van der Waals surface area contributed by atoms with Gasteiger partial charge in [-0.1, -0.05) is 6.92 Å². The Morgan fingerprint density at radius 3 is 2.29 bits per heavy atom. The summed E-state index contributed by atoms with van der Waals surface area (Å²) in [6.07, 6.45) is 2.48. The van der Waals surface area contributed by atoms with Crippen molar-refractivity contribution in [2.75, 3.05) is 19.6 Å². The number of nitrogens with one attached hydrogen (secondary N) is 1. The SMILES string of the molecule is CCCN1CCC(NS(=O)(=O)c2cc(F)cc(F)c2)CC1. The smallest absolute Gasteiger partial charge is 0.241 e. The third-order valence-corrected chi connectivity index (χ3v) is 5.10. The lowest BCUT2D eigenvalue weighted by Gasteiger charge is -2.31. The minimum Gasteiger partial charge on any atom is -0.303 e. The molecular weight excluding hydrogens is 298 g/mol. The summed E-state index contributed by atoms with van der Waals surface area (Å²) in [4.78, 5) is 1.92. The van der Waals surface area contributed by atoms with E-state index >= 15 is 0 Å². The average Bonchev–Trinajstić information content (AvgIpc) is 2.40. The second-order valence-electron chi connectivity index (χ2n) is 5.34. The summed E-state index contributed by atoms with van der Waals surface area (Å²) in [6.45, 7) is 4.78. The van der Waals surface area contributed by atoms with Gasteiger partial charge in [0.1, 0.15) is 11.6 Å². The molecule has 1 aliphatic heterocycles. The molecule has 21 heavy (non-hydrogen) atoms. The first-order chi connectivity index (χ1) is 9.90. The van der Waals surface area contributed by atoms with Gasteiger partial charge in [-0.2, -0.15) is 0 Å². The summed E-state index contributed by atoms with van der Waals surface area (Å²) in [7, 11) is -3.88. The average molecular weight is 318 g/mol. The lowest BCUT2D eigenvalue weighted by molar-refractivity contribution is 0.208. The standard InChI is InChI=1S/C14H20F2N2O2S/c1-2-5-18-6-3-13(4-7-18)17-21(19,20)14-9-11(15)8-12(16)10-14/h8-10,13,17H,2-7H2,1H3. The minimum absolute atomic E-state index is 0.186. The maximum atomic E-state index is 13.1. The fourth-order valence-corrected chi connectivity index (χ4v) is 3.91. The molecule has 0 spiro atoms. The third-order valence-electron chi connectivity index (χ3n) is 3.60. The van der Waals surface area contributed by atoms with E-state index in [0.717, 1.165) is 38.2 Å². The molecule has 1 aromatic rings. The van der Waals surface area contributed by atoms with E-state index in [1.807, 2.05) is 0 Å². The number of nitrogens with zero attached hydrogens (tertiary/aromatic N) is 1. The van der Waals surface area contributed by atoms with Crippen LogP contribution in [0.2, 0.25) is 0 Å². The van der Waals surface area contributed by atoms with E-state index in [4.69, 9.17) is 0 Å². The monoisotopic (exact) mass is 318 g/mol. The van der Waals surface area contributed by atoms with Crippen LogP contribution >= 0.6 is 0 Å². The molecule has 0 radical (unpaired) electrons. The van der Waals surface area contributed by atoms with Crippen LogP contribution in [0.1, 0.15) is 26.2 Å². The topological polar surface area (TPSA) is 49.4 Å². The van der Waals surface area contributed by atoms with Crippen molar-refractivity contribution in [1.82, 2.24) is 9.62 Å². The van der Waals surface area contributed by atoms with Crippen LogP contribution in [-0.4, -0.2) is 39.0 Å². The molecule has 1 aromatic carbocycles. The first-order valence-corrected chi connectivity index (χ1v) is 8.60. The minimum atomic E-state index is -3.88. The Kier molecular flexibility index (Phi) is 5.29. The Bertz CT molecular complexity index is 564. The molecule has 1 saturated heterocycles. The van der Waals surface area contributed by atoms with E-state index < -0.39 is 21.7 Å². The molecular formula is C14H20F2N2O2S. The predicted octanol–water partition coefficient (Wildman–Crippen LogP) is 2.12. The first kappa shape index (κ1) is 16.3. The van der Waals surface area contributed by atoms with Crippen LogP contribution in [0.25, 0.3) is 0 Å². The number of rotatable bonds is 5. The van der Waals surface area contributed by atoms with Gasteiger partial charge in [0.15, 0.2) is 0 Å². The summed E-state index contributed by atoms with van der Waals surface area (Å²) in [5.74, 6) is -1.79. The van der Waals surface area contributed by atoms with Gasteiger partial charge in [0, 0.05) is 12.1 Å². The lowest BCUT2D eigenvalue weighted by Crippen LogP contribution is -2.44. The highest BCUT2D eigenvalue weighted by Gasteiger charge is 2.25. The van der Waals surface area contributed by atoms with Gasteiger partial charge in [-0.3, -0.25) is 0 Å². The predicted molar refractivity (Wildman–Crippen MR) is 76.4 cm³/mol. The molecule has 0 saturated carbocycles. The van der Waals surface area contributed by atoms with Gasteiger partial charge in [-0.05, 0) is 51.0 Å². The third kappa shape index (κ3) is 4.46. The summed E-state index contributed by atoms with van der Waals surface area (Å²) in [5.41, 5.74) is 0. The number of likely N-dealkylation sites (tertiary alicyclic amines) is 1. The number of benzene rings is 1. The Hall–Kier alpha value is -1.05. The lowest BCUT2D eigenvalue weighted by atomic mass is 10.1. The van der Waals surface area contributed by atoms with Crippen molar-refractivity contribution in [3.05, 3.63) is 29.8 Å². The van der Waals surface area contributed by atoms with Crippen molar-refractivity contribution in [3.8, 4) is 0 Å². The molecule has 2 rings (SSSR count). The van der Waals surface area contributed by atoms with Crippen molar-refractivity contribution in [2.45, 2.75) is 37.1 Å². The van der Waals surface area contributed by atoms with E-state index in [2.05, 4.69) is 16.5 Å². The Balaban J connectivity index is 2.02. The molecule has 4 nitrogen and oxygen atoms in total. The van der Waals surface area contributed by atoms with Gasteiger partial charge < -0.3 is 4.90 Å². The molecule has 0 aromatic heterocycles. The van der Waals surface area contributed by atoms with Crippen LogP contribution in [0.5, 0.6) is 0 Å². The second kappa shape index (κ2) is 6.81. The van der Waals surface area contributed by atoms with Gasteiger partial charge in [0.2, 0.25) is 10.0 Å². The second-order valence-corrected chi connectivity index (χ2v) is 7.06. The van der Waals surface area contributed by atoms with Gasteiger partial charge in [0.05, 0.1) is 4.90 Å². The fraction of sp³-hybridized carbons (Fsp3) is 0.571. The quantitative estimate of drug-likeness (QED) is 0.905. The fourth-order valence-electron chi connectivity index (χ4n) is 2.56. The summed E-state index contributed by atoms with van der Waals surface area (Å²) in [6, 6.07) is 2.13. The Labute approximate surface area is 124 Å². The van der Waals surface area contributed by atoms with Gasteiger partial charge >= 0.3 is 0 Å². The maximum Gasteiger partial charge on any atom is 0.241 e. The number of sulfonamides is 1. The highest BCUT2D eigenvalue weighted by Crippen LogP contribution is 2.17. The van der Waals surface area contributed by atoms with E-state index in [0.29, 0.717) is 18.9 Å². The van der Waals surface area contributed by atoms with E-state index in [1.165, 1.54) is 0 Å². The molecule has 0 atom stereocenters. The van der Waals surface area contributed by atoms with Crippen LogP contribution in [0.15, 0.2) is 23.1 Å². The molecule has 1 heterocycles. The van der Waals surface area contributed by atoms with Crippen molar-refractivity contribution in [3.63, 3.8) is 0 Å². The highest BCUT2D eigenvalue weighted by atomic mass is 32.2. The van der Waals surface area contributed by atoms with Crippen LogP contribution in [-0.2, 0) is 10.0 Å². The van der Waals surface area contributed by atoms with Gasteiger partial charge in [-0.15, -0.1) is 0 Å². The molecule has 0 aliphatic carbocycles. The zero-order chi connectivity index (χ0) is 15.5. The molecule has 118 valence electrons. The molecule has 7 heteroatoms. The molecule has 0 amide bonds. The van der Waals surface area contributed by atoms with Crippen LogP contribution in [0, 0.1) is 11.6 Å². The number of hydrogen-bond acceptors (Lipinski definition) is 3. The van der Waals surface area contributed by atoms with Gasteiger partial charge in [-0.25, -0.2) is 21.9 Å². The Morgan fingerprint density at radius 1 is 1.19 bits per heavy atom. The Morgan fingerprint density at radius 2 is 1.76 bits per heavy atom. The normalized spacial score (nSPS) is 18.0. The van der Waals surface area contributed by atoms with Gasteiger partial charge in [0.25, 0.3) is 0 Å².